The largest absolute Gasteiger partial charge is 0.316 e. The van der Waals surface area contributed by atoms with Crippen molar-refractivity contribution in [3.8, 4) is 0 Å². The number of likely N-dealkylation sites (tertiary alicyclic amines) is 1. The van der Waals surface area contributed by atoms with E-state index in [1.165, 1.54) is 17.7 Å². The minimum atomic E-state index is -0.388. The third kappa shape index (κ3) is 4.65. The Morgan fingerprint density at radius 3 is 2.12 bits per heavy atom. The summed E-state index contributed by atoms with van der Waals surface area (Å²) < 4.78 is 2.98. The fraction of sp³-hybridized carbons (Fsp3) is 0.292. The van der Waals surface area contributed by atoms with Crippen molar-refractivity contribution in [3.63, 3.8) is 0 Å². The van der Waals surface area contributed by atoms with Gasteiger partial charge in [-0.25, -0.2) is 4.57 Å². The van der Waals surface area contributed by atoms with Crippen LogP contribution in [0.3, 0.4) is 0 Å². The highest BCUT2D eigenvalue weighted by Gasteiger charge is 2.40. The van der Waals surface area contributed by atoms with Crippen molar-refractivity contribution in [3.05, 3.63) is 110 Å². The van der Waals surface area contributed by atoms with Crippen molar-refractivity contribution in [1.82, 2.24) is 0 Å². The molecule has 2 aromatic carbocycles. The maximum atomic E-state index is 10.9. The molecule has 0 N–H and O–H groups in total. The Morgan fingerprint density at radius 2 is 1.53 bits per heavy atom. The summed E-state index contributed by atoms with van der Waals surface area (Å²) in [6.07, 6.45) is 6.40. The zero-order chi connectivity index (χ0) is 22.7. The number of pyridine rings is 1. The lowest BCUT2D eigenvalue weighted by Crippen LogP contribution is -2.43. The van der Waals surface area contributed by atoms with Gasteiger partial charge in [-0.3, -0.25) is 20.2 Å². The molecule has 32 heavy (non-hydrogen) atoms. The van der Waals surface area contributed by atoms with E-state index in [9.17, 15) is 20.2 Å². The molecule has 4 rings (SSSR count). The number of quaternary nitrogens is 1. The molecule has 0 radical (unpaired) electrons. The van der Waals surface area contributed by atoms with Gasteiger partial charge in [-0.2, -0.15) is 0 Å². The first kappa shape index (κ1) is 21.6. The Labute approximate surface area is 186 Å². The van der Waals surface area contributed by atoms with Gasteiger partial charge in [0, 0.05) is 54.3 Å². The Morgan fingerprint density at radius 1 is 0.938 bits per heavy atom. The summed E-state index contributed by atoms with van der Waals surface area (Å²) in [5.74, 6) is 0. The number of benzene rings is 2. The minimum absolute atomic E-state index is 0.0952. The van der Waals surface area contributed by atoms with Crippen molar-refractivity contribution < 1.29 is 18.9 Å². The van der Waals surface area contributed by atoms with Crippen molar-refractivity contribution in [2.45, 2.75) is 32.0 Å². The molecule has 0 saturated carbocycles. The number of hydrogen-bond donors (Lipinski definition) is 0. The predicted molar refractivity (Wildman–Crippen MR) is 119 cm³/mol. The van der Waals surface area contributed by atoms with E-state index in [-0.39, 0.29) is 21.2 Å². The maximum absolute atomic E-state index is 10.9. The van der Waals surface area contributed by atoms with Crippen molar-refractivity contribution >= 4 is 11.4 Å². The number of non-ortho nitro benzene ring substituents is 2. The summed E-state index contributed by atoms with van der Waals surface area (Å²) in [4.78, 5) is 21.0. The topological polar surface area (TPSA) is 90.2 Å². The number of hydrogen-bond acceptors (Lipinski definition) is 4. The zero-order valence-electron chi connectivity index (χ0n) is 18.0. The Kier molecular flexibility index (Phi) is 5.96. The van der Waals surface area contributed by atoms with E-state index in [0.717, 1.165) is 41.5 Å². The van der Waals surface area contributed by atoms with Gasteiger partial charge in [-0.15, -0.1) is 0 Å². The average Bonchev–Trinajstić information content (AvgIpc) is 3.15. The highest BCUT2D eigenvalue weighted by atomic mass is 16.6. The number of rotatable bonds is 7. The molecule has 1 aliphatic rings. The van der Waals surface area contributed by atoms with E-state index in [4.69, 9.17) is 0 Å². The van der Waals surface area contributed by atoms with Gasteiger partial charge in [0.15, 0.2) is 18.9 Å². The lowest BCUT2D eigenvalue weighted by molar-refractivity contribution is -0.940. The van der Waals surface area contributed by atoms with E-state index in [2.05, 4.69) is 29.9 Å². The van der Waals surface area contributed by atoms with Crippen LogP contribution < -0.4 is 4.57 Å². The van der Waals surface area contributed by atoms with Crippen LogP contribution in [0.15, 0.2) is 73.1 Å². The van der Waals surface area contributed by atoms with Gasteiger partial charge in [-0.05, 0) is 30.3 Å². The summed E-state index contributed by atoms with van der Waals surface area (Å²) in [5.41, 5.74) is 3.57. The van der Waals surface area contributed by atoms with Crippen LogP contribution in [0.5, 0.6) is 0 Å². The number of aromatic nitrogens is 1. The molecule has 2 heterocycles. The van der Waals surface area contributed by atoms with E-state index in [0.29, 0.717) is 12.6 Å². The van der Waals surface area contributed by atoms with Gasteiger partial charge in [0.2, 0.25) is 0 Å². The Bertz CT molecular complexity index is 1130. The molecule has 2 unspecified atom stereocenters. The molecule has 0 bridgehead atoms. The zero-order valence-corrected chi connectivity index (χ0v) is 18.0. The van der Waals surface area contributed by atoms with Crippen LogP contribution in [0, 0.1) is 20.2 Å². The first-order valence-corrected chi connectivity index (χ1v) is 10.6. The van der Waals surface area contributed by atoms with Crippen molar-refractivity contribution in [2.75, 3.05) is 13.6 Å². The first-order chi connectivity index (χ1) is 15.3. The maximum Gasteiger partial charge on any atom is 0.269 e. The molecular formula is C24H26N4O4+2. The molecule has 1 fully saturated rings. The van der Waals surface area contributed by atoms with E-state index in [1.807, 2.05) is 18.3 Å². The second-order valence-electron chi connectivity index (χ2n) is 8.68. The summed E-state index contributed by atoms with van der Waals surface area (Å²) in [7, 11) is 2.26. The summed E-state index contributed by atoms with van der Waals surface area (Å²) in [5, 5.41) is 21.8. The molecule has 8 nitrogen and oxygen atoms in total. The van der Waals surface area contributed by atoms with Gasteiger partial charge in [0.1, 0.15) is 12.6 Å². The standard InChI is InChI=1S/C24H26N4O4/c1-28(18-20-8-12-23(13-9-20)27(31)32)15-3-5-24(28)21-4-2-14-25(17-21)16-19-6-10-22(11-7-19)26(29)30/h2,4,6-14,17,24H,3,5,15-16,18H2,1H3/q+2. The molecule has 8 heteroatoms. The van der Waals surface area contributed by atoms with Crippen molar-refractivity contribution in [2.24, 2.45) is 0 Å². The van der Waals surface area contributed by atoms with Gasteiger partial charge >= 0.3 is 0 Å². The molecule has 3 aromatic rings. The van der Waals surface area contributed by atoms with Gasteiger partial charge < -0.3 is 4.48 Å². The minimum Gasteiger partial charge on any atom is -0.316 e. The Balaban J connectivity index is 1.52. The smallest absolute Gasteiger partial charge is 0.269 e. The van der Waals surface area contributed by atoms with Crippen molar-refractivity contribution in [1.29, 1.82) is 0 Å². The molecule has 164 valence electrons. The van der Waals surface area contributed by atoms with Crippen LogP contribution in [-0.2, 0) is 13.1 Å². The SMILES string of the molecule is C[N+]1(Cc2ccc([N+](=O)[O-])cc2)CCCC1c1ccc[n+](Cc2ccc([N+](=O)[O-])cc2)c1. The summed E-state index contributed by atoms with van der Waals surface area (Å²) in [6.45, 7) is 2.52. The third-order valence-corrected chi connectivity index (χ3v) is 6.37. The van der Waals surface area contributed by atoms with Crippen LogP contribution in [0.4, 0.5) is 11.4 Å². The van der Waals surface area contributed by atoms with Crippen LogP contribution in [0.2, 0.25) is 0 Å². The van der Waals surface area contributed by atoms with E-state index in [1.54, 1.807) is 24.3 Å². The fourth-order valence-electron chi connectivity index (χ4n) is 4.74. The lowest BCUT2D eigenvalue weighted by atomic mass is 10.0. The second-order valence-corrected chi connectivity index (χ2v) is 8.68. The molecule has 0 aliphatic carbocycles. The second kappa shape index (κ2) is 8.84. The number of nitrogens with zero attached hydrogens (tertiary/aromatic N) is 4. The van der Waals surface area contributed by atoms with Crippen LogP contribution >= 0.6 is 0 Å². The normalized spacial score (nSPS) is 20.2. The van der Waals surface area contributed by atoms with Gasteiger partial charge in [0.05, 0.1) is 29.0 Å². The van der Waals surface area contributed by atoms with Gasteiger partial charge in [0.25, 0.3) is 11.4 Å². The van der Waals surface area contributed by atoms with E-state index >= 15 is 0 Å². The quantitative estimate of drug-likeness (QED) is 0.240. The van der Waals surface area contributed by atoms with Crippen LogP contribution in [0.25, 0.3) is 0 Å². The highest BCUT2D eigenvalue weighted by molar-refractivity contribution is 5.33. The molecular weight excluding hydrogens is 408 g/mol. The summed E-state index contributed by atoms with van der Waals surface area (Å²) in [6, 6.07) is 18.1. The average molecular weight is 434 g/mol. The Hall–Kier alpha value is -3.65. The van der Waals surface area contributed by atoms with Gasteiger partial charge in [-0.1, -0.05) is 0 Å². The molecule has 1 saturated heterocycles. The predicted octanol–water partition coefficient (Wildman–Crippen LogP) is 4.32. The molecule has 1 aromatic heterocycles. The highest BCUT2D eigenvalue weighted by Crippen LogP contribution is 2.39. The summed E-state index contributed by atoms with van der Waals surface area (Å²) >= 11 is 0. The number of nitro benzene ring substituents is 2. The third-order valence-electron chi connectivity index (χ3n) is 6.37. The lowest BCUT2D eigenvalue weighted by Gasteiger charge is -2.36. The number of nitro groups is 2. The molecule has 0 spiro atoms. The molecule has 1 aliphatic heterocycles. The first-order valence-electron chi connectivity index (χ1n) is 10.6. The van der Waals surface area contributed by atoms with E-state index < -0.39 is 0 Å². The molecule has 2 atom stereocenters. The van der Waals surface area contributed by atoms with Crippen LogP contribution in [-0.4, -0.2) is 27.9 Å². The fourth-order valence-corrected chi connectivity index (χ4v) is 4.74. The monoisotopic (exact) mass is 434 g/mol. The molecule has 0 amide bonds. The van der Waals surface area contributed by atoms with Crippen LogP contribution in [0.1, 0.15) is 35.6 Å².